The van der Waals surface area contributed by atoms with Crippen molar-refractivity contribution in [1.29, 1.82) is 0 Å². The van der Waals surface area contributed by atoms with Crippen molar-refractivity contribution in [2.75, 3.05) is 7.11 Å². The monoisotopic (exact) mass is 352 g/mol. The Morgan fingerprint density at radius 3 is 2.27 bits per heavy atom. The number of rotatable bonds is 4. The highest BCUT2D eigenvalue weighted by Gasteiger charge is 2.64. The lowest BCUT2D eigenvalue weighted by Gasteiger charge is -2.47. The van der Waals surface area contributed by atoms with E-state index in [0.29, 0.717) is 0 Å². The standard InChI is InChI=1S/C23H28O3/c1-5-14-11-13(3)12-15(6-2)17(14)19-21(24)18-16-7-9-23(26-4,10-8-16)20(18)22(19)25/h7,9,11-12,16,18-20H,5-6,8,10H2,1-4H3/t16-,18-,19?,20+,23-/m0/s1. The molecule has 3 nitrogen and oxygen atoms in total. The number of methoxy groups -OCH3 is 1. The quantitative estimate of drug-likeness (QED) is 0.609. The number of hydrogen-bond acceptors (Lipinski definition) is 3. The van der Waals surface area contributed by atoms with Gasteiger partial charge in [0.2, 0.25) is 0 Å². The van der Waals surface area contributed by atoms with Crippen LogP contribution in [0.3, 0.4) is 0 Å². The molecule has 0 heterocycles. The van der Waals surface area contributed by atoms with Crippen molar-refractivity contribution in [3.8, 4) is 0 Å². The first-order valence-corrected chi connectivity index (χ1v) is 9.91. The first-order chi connectivity index (χ1) is 12.5. The lowest BCUT2D eigenvalue weighted by atomic mass is 9.60. The van der Waals surface area contributed by atoms with Crippen LogP contribution in [0.2, 0.25) is 0 Å². The molecule has 1 aromatic rings. The van der Waals surface area contributed by atoms with Gasteiger partial charge in [-0.25, -0.2) is 0 Å². The minimum Gasteiger partial charge on any atom is -0.373 e. The smallest absolute Gasteiger partial charge is 0.154 e. The molecule has 5 rings (SSSR count). The van der Waals surface area contributed by atoms with Gasteiger partial charge in [-0.05, 0) is 55.2 Å². The molecule has 2 bridgehead atoms. The number of allylic oxidation sites excluding steroid dienone is 1. The SMILES string of the molecule is CCc1cc(C)cc(CC)c1C1C(=O)[C@H]2[C@H]3C=C[C@](OC)(CC3)[C@H]2C1=O. The molecule has 26 heavy (non-hydrogen) atoms. The fourth-order valence-electron chi connectivity index (χ4n) is 5.76. The zero-order valence-electron chi connectivity index (χ0n) is 16.2. The van der Waals surface area contributed by atoms with Gasteiger partial charge in [0, 0.05) is 13.0 Å². The maximum atomic E-state index is 13.6. The summed E-state index contributed by atoms with van der Waals surface area (Å²) >= 11 is 0. The molecule has 0 radical (unpaired) electrons. The van der Waals surface area contributed by atoms with Gasteiger partial charge in [0.15, 0.2) is 11.6 Å². The molecule has 3 heteroatoms. The molecule has 4 aliphatic carbocycles. The summed E-state index contributed by atoms with van der Waals surface area (Å²) in [6, 6.07) is 4.30. The Morgan fingerprint density at radius 1 is 1.12 bits per heavy atom. The van der Waals surface area contributed by atoms with E-state index in [0.717, 1.165) is 42.4 Å². The van der Waals surface area contributed by atoms with Crippen molar-refractivity contribution in [3.05, 3.63) is 46.5 Å². The first kappa shape index (κ1) is 17.7. The van der Waals surface area contributed by atoms with Gasteiger partial charge in [-0.3, -0.25) is 9.59 Å². The molecular weight excluding hydrogens is 324 g/mol. The van der Waals surface area contributed by atoms with Crippen LogP contribution in [0.4, 0.5) is 0 Å². The number of benzene rings is 1. The van der Waals surface area contributed by atoms with Crippen molar-refractivity contribution < 1.29 is 14.3 Å². The minimum atomic E-state index is -0.606. The van der Waals surface area contributed by atoms with Gasteiger partial charge >= 0.3 is 0 Å². The molecule has 1 aromatic carbocycles. The second-order valence-electron chi connectivity index (χ2n) is 8.17. The van der Waals surface area contributed by atoms with Gasteiger partial charge in [-0.15, -0.1) is 0 Å². The minimum absolute atomic E-state index is 0.0872. The summed E-state index contributed by atoms with van der Waals surface area (Å²) in [5.41, 5.74) is 3.92. The van der Waals surface area contributed by atoms with Gasteiger partial charge in [0.1, 0.15) is 5.92 Å². The fourth-order valence-corrected chi connectivity index (χ4v) is 5.76. The van der Waals surface area contributed by atoms with Crippen LogP contribution in [0.1, 0.15) is 54.9 Å². The molecule has 4 aliphatic rings. The van der Waals surface area contributed by atoms with E-state index in [2.05, 4.69) is 45.1 Å². The molecule has 0 amide bonds. The number of carbonyl (C=O) groups is 2. The third kappa shape index (κ3) is 2.22. The van der Waals surface area contributed by atoms with E-state index in [-0.39, 0.29) is 29.3 Å². The molecule has 5 atom stereocenters. The van der Waals surface area contributed by atoms with Gasteiger partial charge in [-0.1, -0.05) is 43.7 Å². The number of ketones is 2. The van der Waals surface area contributed by atoms with Crippen molar-refractivity contribution in [1.82, 2.24) is 0 Å². The Morgan fingerprint density at radius 2 is 1.77 bits per heavy atom. The van der Waals surface area contributed by atoms with E-state index >= 15 is 0 Å². The van der Waals surface area contributed by atoms with Crippen LogP contribution in [0.25, 0.3) is 0 Å². The number of fused-ring (bicyclic) bond motifs is 1. The average molecular weight is 352 g/mol. The largest absolute Gasteiger partial charge is 0.373 e. The number of hydrogen-bond donors (Lipinski definition) is 0. The van der Waals surface area contributed by atoms with E-state index in [9.17, 15) is 9.59 Å². The van der Waals surface area contributed by atoms with Crippen LogP contribution >= 0.6 is 0 Å². The molecule has 2 fully saturated rings. The summed E-state index contributed by atoms with van der Waals surface area (Å²) in [6.45, 7) is 6.30. The van der Waals surface area contributed by atoms with E-state index in [1.807, 2.05) is 0 Å². The van der Waals surface area contributed by atoms with E-state index in [1.165, 1.54) is 5.56 Å². The molecule has 1 unspecified atom stereocenters. The second kappa shape index (κ2) is 6.16. The Labute approximate surface area is 155 Å². The lowest BCUT2D eigenvalue weighted by Crippen LogP contribution is -2.52. The Kier molecular flexibility index (Phi) is 4.18. The summed E-state index contributed by atoms with van der Waals surface area (Å²) < 4.78 is 5.86. The number of ether oxygens (including phenoxy) is 1. The molecular formula is C23H28O3. The van der Waals surface area contributed by atoms with Crippen molar-refractivity contribution >= 4 is 11.6 Å². The Bertz CT molecular complexity index is 781. The average Bonchev–Trinajstić information content (AvgIpc) is 2.95. The van der Waals surface area contributed by atoms with Crippen LogP contribution in [-0.2, 0) is 27.2 Å². The highest BCUT2D eigenvalue weighted by Crippen LogP contribution is 2.56. The lowest BCUT2D eigenvalue weighted by molar-refractivity contribution is -0.140. The van der Waals surface area contributed by atoms with Crippen molar-refractivity contribution in [2.24, 2.45) is 17.8 Å². The summed E-state index contributed by atoms with van der Waals surface area (Å²) in [5.74, 6) is -0.719. The van der Waals surface area contributed by atoms with Gasteiger partial charge in [-0.2, -0.15) is 0 Å². The van der Waals surface area contributed by atoms with Crippen molar-refractivity contribution in [3.63, 3.8) is 0 Å². The zero-order valence-corrected chi connectivity index (χ0v) is 16.2. The second-order valence-corrected chi connectivity index (χ2v) is 8.17. The van der Waals surface area contributed by atoms with E-state index in [1.54, 1.807) is 7.11 Å². The zero-order chi connectivity index (χ0) is 18.6. The topological polar surface area (TPSA) is 43.4 Å². The fraction of sp³-hybridized carbons (Fsp3) is 0.565. The molecule has 0 aliphatic heterocycles. The Hall–Kier alpha value is -1.74. The van der Waals surface area contributed by atoms with Crippen LogP contribution in [0.5, 0.6) is 0 Å². The third-order valence-corrected chi connectivity index (χ3v) is 6.97. The summed E-state index contributed by atoms with van der Waals surface area (Å²) in [7, 11) is 1.68. The van der Waals surface area contributed by atoms with Crippen molar-refractivity contribution in [2.45, 2.75) is 58.0 Å². The third-order valence-electron chi connectivity index (χ3n) is 6.97. The summed E-state index contributed by atoms with van der Waals surface area (Å²) in [6.07, 6.45) is 7.64. The van der Waals surface area contributed by atoms with Gasteiger partial charge in [0.05, 0.1) is 11.5 Å². The number of Topliss-reactive ketones (excluding diaryl/α,β-unsaturated/α-hetero) is 2. The number of carbonyl (C=O) groups excluding carboxylic acids is 2. The molecule has 0 aromatic heterocycles. The predicted octanol–water partition coefficient (Wildman–Crippen LogP) is 3.95. The molecule has 2 saturated carbocycles. The predicted molar refractivity (Wildman–Crippen MR) is 101 cm³/mol. The maximum absolute atomic E-state index is 13.6. The maximum Gasteiger partial charge on any atom is 0.154 e. The van der Waals surface area contributed by atoms with Gasteiger partial charge < -0.3 is 4.74 Å². The molecule has 0 spiro atoms. The van der Waals surface area contributed by atoms with Crippen LogP contribution in [0.15, 0.2) is 24.3 Å². The highest BCUT2D eigenvalue weighted by molar-refractivity contribution is 6.17. The Balaban J connectivity index is 1.86. The molecule has 0 N–H and O–H groups in total. The number of aryl methyl sites for hydroxylation is 3. The first-order valence-electron chi connectivity index (χ1n) is 9.91. The molecule has 0 saturated heterocycles. The van der Waals surface area contributed by atoms with Gasteiger partial charge in [0.25, 0.3) is 0 Å². The summed E-state index contributed by atoms with van der Waals surface area (Å²) in [5, 5.41) is 0. The van der Waals surface area contributed by atoms with Crippen LogP contribution < -0.4 is 0 Å². The molecule has 138 valence electrons. The summed E-state index contributed by atoms with van der Waals surface area (Å²) in [4.78, 5) is 27.1. The van der Waals surface area contributed by atoms with E-state index < -0.39 is 11.5 Å². The van der Waals surface area contributed by atoms with Crippen LogP contribution in [-0.4, -0.2) is 24.3 Å². The normalized spacial score (nSPS) is 35.2. The van der Waals surface area contributed by atoms with Crippen LogP contribution in [0, 0.1) is 24.7 Å². The highest BCUT2D eigenvalue weighted by atomic mass is 16.5. The van der Waals surface area contributed by atoms with E-state index in [4.69, 9.17) is 4.74 Å².